The molecule has 1 N–H and O–H groups in total. The number of carbonyl (C=O) groups excluding carboxylic acids is 1. The summed E-state index contributed by atoms with van der Waals surface area (Å²) in [6, 6.07) is 0.489. The summed E-state index contributed by atoms with van der Waals surface area (Å²) in [5, 5.41) is 3.36. The number of rotatable bonds is 8. The molecule has 1 aromatic heterocycles. The van der Waals surface area contributed by atoms with Crippen LogP contribution in [0.1, 0.15) is 39.3 Å². The molecular weight excluding hydrogens is 252 g/mol. The second kappa shape index (κ2) is 6.88. The van der Waals surface area contributed by atoms with Crippen molar-refractivity contribution in [2.24, 2.45) is 5.92 Å². The number of likely N-dealkylation sites (N-methyl/N-ethyl adjacent to an activating group) is 1. The lowest BCUT2D eigenvalue weighted by Gasteiger charge is -2.20. The van der Waals surface area contributed by atoms with Gasteiger partial charge in [0.25, 0.3) is 0 Å². The van der Waals surface area contributed by atoms with E-state index in [0.29, 0.717) is 18.5 Å². The zero-order valence-corrected chi connectivity index (χ0v) is 12.8. The molecule has 0 radical (unpaired) electrons. The summed E-state index contributed by atoms with van der Waals surface area (Å²) in [6.07, 6.45) is 6.04. The number of carbonyl (C=O) groups is 1. The first-order valence-electron chi connectivity index (χ1n) is 7.61. The van der Waals surface area contributed by atoms with Gasteiger partial charge in [-0.2, -0.15) is 0 Å². The fraction of sp³-hybridized carbons (Fsp3) is 0.733. The van der Waals surface area contributed by atoms with Crippen molar-refractivity contribution in [1.29, 1.82) is 0 Å². The first-order chi connectivity index (χ1) is 9.60. The molecule has 1 aliphatic rings. The highest BCUT2D eigenvalue weighted by atomic mass is 16.2. The van der Waals surface area contributed by atoms with Crippen LogP contribution >= 0.6 is 0 Å². The third kappa shape index (κ3) is 4.34. The van der Waals surface area contributed by atoms with E-state index in [1.54, 1.807) is 6.33 Å². The topological polar surface area (TPSA) is 50.2 Å². The van der Waals surface area contributed by atoms with Gasteiger partial charge in [-0.1, -0.05) is 13.8 Å². The minimum absolute atomic E-state index is 0.203. The largest absolute Gasteiger partial charge is 0.338 e. The number of hydrogen-bond acceptors (Lipinski definition) is 3. The summed E-state index contributed by atoms with van der Waals surface area (Å²) in [6.45, 7) is 9.37. The van der Waals surface area contributed by atoms with Gasteiger partial charge in [-0.15, -0.1) is 0 Å². The van der Waals surface area contributed by atoms with Gasteiger partial charge in [0, 0.05) is 25.3 Å². The number of aromatic nitrogens is 2. The zero-order chi connectivity index (χ0) is 14.5. The Morgan fingerprint density at radius 1 is 1.55 bits per heavy atom. The summed E-state index contributed by atoms with van der Waals surface area (Å²) in [5.74, 6) is 0.837. The van der Waals surface area contributed by atoms with Crippen molar-refractivity contribution >= 4 is 5.91 Å². The number of imidazole rings is 1. The molecule has 1 aliphatic carbocycles. The van der Waals surface area contributed by atoms with Crippen LogP contribution in [0.4, 0.5) is 0 Å². The fourth-order valence-electron chi connectivity index (χ4n) is 2.34. The molecule has 1 heterocycles. The van der Waals surface area contributed by atoms with Crippen molar-refractivity contribution < 1.29 is 4.79 Å². The van der Waals surface area contributed by atoms with Gasteiger partial charge >= 0.3 is 0 Å². The van der Waals surface area contributed by atoms with E-state index in [-0.39, 0.29) is 5.91 Å². The second-order valence-electron chi connectivity index (χ2n) is 5.97. The van der Waals surface area contributed by atoms with Crippen LogP contribution in [0, 0.1) is 5.92 Å². The molecule has 20 heavy (non-hydrogen) atoms. The summed E-state index contributed by atoms with van der Waals surface area (Å²) in [4.78, 5) is 18.5. The van der Waals surface area contributed by atoms with Gasteiger partial charge in [-0.25, -0.2) is 4.98 Å². The molecule has 5 nitrogen and oxygen atoms in total. The lowest BCUT2D eigenvalue weighted by molar-refractivity contribution is -0.132. The third-order valence-corrected chi connectivity index (χ3v) is 3.51. The lowest BCUT2D eigenvalue weighted by Crippen LogP contribution is -2.35. The van der Waals surface area contributed by atoms with Gasteiger partial charge in [-0.05, 0) is 32.2 Å². The molecule has 5 heteroatoms. The SMILES string of the molecule is CCN(C(=O)Cn1cnc(CNCC(C)C)c1)C1CC1. The molecule has 1 aromatic rings. The van der Waals surface area contributed by atoms with Crippen LogP contribution in [0.15, 0.2) is 12.5 Å². The predicted octanol–water partition coefficient (Wildman–Crippen LogP) is 1.64. The van der Waals surface area contributed by atoms with Crippen LogP contribution in [0.2, 0.25) is 0 Å². The van der Waals surface area contributed by atoms with Crippen LogP contribution in [0.3, 0.4) is 0 Å². The highest BCUT2D eigenvalue weighted by molar-refractivity contribution is 5.76. The maximum absolute atomic E-state index is 12.2. The molecule has 0 spiro atoms. The maximum atomic E-state index is 12.2. The van der Waals surface area contributed by atoms with E-state index in [2.05, 4.69) is 24.1 Å². The van der Waals surface area contributed by atoms with Crippen molar-refractivity contribution in [1.82, 2.24) is 19.8 Å². The van der Waals surface area contributed by atoms with E-state index in [9.17, 15) is 4.79 Å². The monoisotopic (exact) mass is 278 g/mol. The zero-order valence-electron chi connectivity index (χ0n) is 12.8. The van der Waals surface area contributed by atoms with Crippen LogP contribution < -0.4 is 5.32 Å². The minimum atomic E-state index is 0.203. The van der Waals surface area contributed by atoms with Gasteiger partial charge in [0.1, 0.15) is 6.54 Å². The van der Waals surface area contributed by atoms with Gasteiger partial charge in [0.2, 0.25) is 5.91 Å². The Kier molecular flexibility index (Phi) is 5.17. The average Bonchev–Trinajstić information content (AvgIpc) is 3.11. The van der Waals surface area contributed by atoms with Gasteiger partial charge in [0.05, 0.1) is 12.0 Å². The first kappa shape index (κ1) is 15.0. The molecule has 0 saturated heterocycles. The van der Waals surface area contributed by atoms with E-state index < -0.39 is 0 Å². The minimum Gasteiger partial charge on any atom is -0.338 e. The Hall–Kier alpha value is -1.36. The quantitative estimate of drug-likeness (QED) is 0.786. The van der Waals surface area contributed by atoms with Crippen molar-refractivity contribution in [3.8, 4) is 0 Å². The van der Waals surface area contributed by atoms with Crippen molar-refractivity contribution in [2.75, 3.05) is 13.1 Å². The number of hydrogen-bond donors (Lipinski definition) is 1. The van der Waals surface area contributed by atoms with Crippen LogP contribution in [0.25, 0.3) is 0 Å². The van der Waals surface area contributed by atoms with Gasteiger partial charge in [-0.3, -0.25) is 4.79 Å². The number of amides is 1. The van der Waals surface area contributed by atoms with Crippen LogP contribution in [-0.2, 0) is 17.9 Å². The van der Waals surface area contributed by atoms with Crippen molar-refractivity contribution in [2.45, 2.75) is 52.7 Å². The van der Waals surface area contributed by atoms with Gasteiger partial charge < -0.3 is 14.8 Å². The summed E-state index contributed by atoms with van der Waals surface area (Å²) in [5.41, 5.74) is 0.993. The highest BCUT2D eigenvalue weighted by Gasteiger charge is 2.31. The Morgan fingerprint density at radius 2 is 2.30 bits per heavy atom. The predicted molar refractivity (Wildman–Crippen MR) is 79.2 cm³/mol. The van der Waals surface area contributed by atoms with E-state index >= 15 is 0 Å². The Bertz CT molecular complexity index is 437. The molecule has 1 amide bonds. The lowest BCUT2D eigenvalue weighted by atomic mass is 10.2. The Labute approximate surface area is 121 Å². The molecule has 1 fully saturated rings. The van der Waals surface area contributed by atoms with E-state index in [1.165, 1.54) is 0 Å². The molecule has 1 saturated carbocycles. The first-order valence-corrected chi connectivity index (χ1v) is 7.61. The molecule has 112 valence electrons. The van der Waals surface area contributed by atoms with Crippen molar-refractivity contribution in [3.63, 3.8) is 0 Å². The molecule has 2 rings (SSSR count). The molecule has 0 atom stereocenters. The van der Waals surface area contributed by atoms with Crippen molar-refractivity contribution in [3.05, 3.63) is 18.2 Å². The van der Waals surface area contributed by atoms with E-state index in [1.807, 2.05) is 22.6 Å². The molecular formula is C15H26N4O. The Morgan fingerprint density at radius 3 is 2.90 bits per heavy atom. The molecule has 0 aromatic carbocycles. The van der Waals surface area contributed by atoms with E-state index in [0.717, 1.165) is 38.2 Å². The molecule has 0 unspecified atom stereocenters. The number of nitrogens with one attached hydrogen (secondary N) is 1. The second-order valence-corrected chi connectivity index (χ2v) is 5.97. The van der Waals surface area contributed by atoms with Crippen LogP contribution in [0.5, 0.6) is 0 Å². The highest BCUT2D eigenvalue weighted by Crippen LogP contribution is 2.26. The summed E-state index contributed by atoms with van der Waals surface area (Å²) in [7, 11) is 0. The smallest absolute Gasteiger partial charge is 0.242 e. The maximum Gasteiger partial charge on any atom is 0.242 e. The fourth-order valence-corrected chi connectivity index (χ4v) is 2.34. The number of nitrogens with zero attached hydrogens (tertiary/aromatic N) is 3. The third-order valence-electron chi connectivity index (χ3n) is 3.51. The average molecular weight is 278 g/mol. The molecule has 0 bridgehead atoms. The Balaban J connectivity index is 1.81. The molecule has 0 aliphatic heterocycles. The summed E-state index contributed by atoms with van der Waals surface area (Å²) < 4.78 is 1.89. The summed E-state index contributed by atoms with van der Waals surface area (Å²) >= 11 is 0. The standard InChI is InChI=1S/C15H26N4O/c1-4-19(14-5-6-14)15(20)10-18-9-13(17-11-18)8-16-7-12(2)3/h9,11-12,14,16H,4-8,10H2,1-3H3. The van der Waals surface area contributed by atoms with Crippen LogP contribution in [-0.4, -0.2) is 39.5 Å². The van der Waals surface area contributed by atoms with Gasteiger partial charge in [0.15, 0.2) is 0 Å². The normalized spacial score (nSPS) is 14.8. The van der Waals surface area contributed by atoms with E-state index in [4.69, 9.17) is 0 Å².